The zero-order valence-electron chi connectivity index (χ0n) is 10.5. The molecule has 0 aromatic heterocycles. The number of anilines is 1. The number of hydrogen-bond donors (Lipinski definition) is 2. The molecule has 0 atom stereocenters. The zero-order chi connectivity index (χ0) is 14.2. The molecule has 2 rings (SSSR count). The van der Waals surface area contributed by atoms with Gasteiger partial charge in [-0.1, -0.05) is 23.2 Å². The molecule has 1 aliphatic heterocycles. The second kappa shape index (κ2) is 5.15. The molecule has 1 fully saturated rings. The third-order valence-corrected chi connectivity index (χ3v) is 3.36. The fourth-order valence-corrected chi connectivity index (χ4v) is 2.79. The number of hydrogen-bond acceptors (Lipinski definition) is 2. The molecule has 4 nitrogen and oxygen atoms in total. The fraction of sp³-hybridized carbons (Fsp3) is 0.333. The molecule has 1 aromatic carbocycles. The smallest absolute Gasteiger partial charge is 0.328 e. The van der Waals surface area contributed by atoms with Crippen molar-refractivity contribution in [3.8, 4) is 0 Å². The molecule has 2 amide bonds. The summed E-state index contributed by atoms with van der Waals surface area (Å²) in [4.78, 5) is 13.6. The average molecular weight is 318 g/mol. The largest absolute Gasteiger partial charge is 0.355 e. The van der Waals surface area contributed by atoms with Crippen LogP contribution in [0.1, 0.15) is 13.8 Å². The van der Waals surface area contributed by atoms with Gasteiger partial charge >= 0.3 is 6.03 Å². The van der Waals surface area contributed by atoms with E-state index in [1.54, 1.807) is 18.2 Å². The van der Waals surface area contributed by atoms with Gasteiger partial charge in [0.2, 0.25) is 0 Å². The van der Waals surface area contributed by atoms with Crippen LogP contribution in [0.15, 0.2) is 18.2 Å². The van der Waals surface area contributed by atoms with Crippen molar-refractivity contribution in [2.24, 2.45) is 0 Å². The van der Waals surface area contributed by atoms with Crippen molar-refractivity contribution in [2.75, 3.05) is 11.9 Å². The Bertz CT molecular complexity index is 528. The fourth-order valence-electron chi connectivity index (χ4n) is 1.84. The van der Waals surface area contributed by atoms with Crippen molar-refractivity contribution in [1.29, 1.82) is 0 Å². The van der Waals surface area contributed by atoms with Gasteiger partial charge in [0.15, 0.2) is 5.11 Å². The van der Waals surface area contributed by atoms with Gasteiger partial charge in [0, 0.05) is 15.7 Å². The first-order chi connectivity index (χ1) is 8.77. The second-order valence-corrected chi connectivity index (χ2v) is 6.25. The number of urea groups is 1. The molecule has 1 saturated heterocycles. The number of rotatable bonds is 1. The van der Waals surface area contributed by atoms with E-state index in [4.69, 9.17) is 35.4 Å². The van der Waals surface area contributed by atoms with Gasteiger partial charge < -0.3 is 10.6 Å². The quantitative estimate of drug-likeness (QED) is 0.779. The van der Waals surface area contributed by atoms with E-state index in [1.807, 2.05) is 13.8 Å². The maximum Gasteiger partial charge on any atom is 0.328 e. The SMILES string of the molecule is CC1(C)CN(C(=O)Nc2cc(Cl)cc(Cl)c2)C(=S)N1. The average Bonchev–Trinajstić information content (AvgIpc) is 2.50. The van der Waals surface area contributed by atoms with E-state index in [2.05, 4.69) is 10.6 Å². The van der Waals surface area contributed by atoms with E-state index in [9.17, 15) is 4.79 Å². The lowest BCUT2D eigenvalue weighted by Gasteiger charge is -2.18. The van der Waals surface area contributed by atoms with Crippen molar-refractivity contribution in [3.63, 3.8) is 0 Å². The van der Waals surface area contributed by atoms with Crippen LogP contribution in [0, 0.1) is 0 Å². The molecule has 2 N–H and O–H groups in total. The van der Waals surface area contributed by atoms with Crippen LogP contribution < -0.4 is 10.6 Å². The second-order valence-electron chi connectivity index (χ2n) is 4.99. The van der Waals surface area contributed by atoms with Gasteiger partial charge in [-0.3, -0.25) is 4.90 Å². The predicted octanol–water partition coefficient (Wildman–Crippen LogP) is 3.49. The van der Waals surface area contributed by atoms with E-state index >= 15 is 0 Å². The third-order valence-electron chi connectivity index (χ3n) is 2.60. The third kappa shape index (κ3) is 3.49. The van der Waals surface area contributed by atoms with Crippen LogP contribution in [-0.4, -0.2) is 28.1 Å². The van der Waals surface area contributed by atoms with E-state index < -0.39 is 0 Å². The molecule has 0 saturated carbocycles. The molecule has 0 spiro atoms. The number of nitrogens with one attached hydrogen (secondary N) is 2. The number of benzene rings is 1. The molecule has 0 aliphatic carbocycles. The normalized spacial score (nSPS) is 17.3. The first kappa shape index (κ1) is 14.4. The first-order valence-electron chi connectivity index (χ1n) is 5.64. The number of halogens is 2. The van der Waals surface area contributed by atoms with Crippen LogP contribution in [0.25, 0.3) is 0 Å². The molecular formula is C12H13Cl2N3OS. The van der Waals surface area contributed by atoms with Crippen LogP contribution in [0.3, 0.4) is 0 Å². The summed E-state index contributed by atoms with van der Waals surface area (Å²) >= 11 is 16.9. The highest BCUT2D eigenvalue weighted by Crippen LogP contribution is 2.23. The molecule has 0 radical (unpaired) electrons. The van der Waals surface area contributed by atoms with E-state index in [1.165, 1.54) is 4.90 Å². The van der Waals surface area contributed by atoms with Crippen molar-refractivity contribution in [1.82, 2.24) is 10.2 Å². The topological polar surface area (TPSA) is 44.4 Å². The van der Waals surface area contributed by atoms with Crippen molar-refractivity contribution in [3.05, 3.63) is 28.2 Å². The summed E-state index contributed by atoms with van der Waals surface area (Å²) in [6.45, 7) is 4.46. The predicted molar refractivity (Wildman–Crippen MR) is 82.0 cm³/mol. The summed E-state index contributed by atoms with van der Waals surface area (Å²) < 4.78 is 0. The Hall–Kier alpha value is -1.04. The lowest BCUT2D eigenvalue weighted by atomic mass is 10.1. The summed E-state index contributed by atoms with van der Waals surface area (Å²) in [7, 11) is 0. The van der Waals surface area contributed by atoms with E-state index in [0.29, 0.717) is 27.4 Å². The Balaban J connectivity index is 2.11. The van der Waals surface area contributed by atoms with E-state index in [0.717, 1.165) is 0 Å². The highest BCUT2D eigenvalue weighted by atomic mass is 35.5. The zero-order valence-corrected chi connectivity index (χ0v) is 12.8. The van der Waals surface area contributed by atoms with E-state index in [-0.39, 0.29) is 11.6 Å². The molecule has 102 valence electrons. The van der Waals surface area contributed by atoms with Gasteiger partial charge in [-0.2, -0.15) is 0 Å². The van der Waals surface area contributed by atoms with Crippen LogP contribution in [0.2, 0.25) is 10.0 Å². The van der Waals surface area contributed by atoms with Gasteiger partial charge in [-0.05, 0) is 44.3 Å². The lowest BCUT2D eigenvalue weighted by Crippen LogP contribution is -2.37. The standard InChI is InChI=1S/C12H13Cl2N3OS/c1-12(2)6-17(11(19)16-12)10(18)15-9-4-7(13)3-8(14)5-9/h3-5H,6H2,1-2H3,(H,15,18)(H,16,19). The van der Waals surface area contributed by atoms with Crippen molar-refractivity contribution in [2.45, 2.75) is 19.4 Å². The minimum atomic E-state index is -0.304. The van der Waals surface area contributed by atoms with Crippen LogP contribution in [-0.2, 0) is 0 Å². The Morgan fingerprint density at radius 3 is 2.42 bits per heavy atom. The first-order valence-corrected chi connectivity index (χ1v) is 6.80. The molecular weight excluding hydrogens is 305 g/mol. The molecule has 7 heteroatoms. The number of nitrogens with zero attached hydrogens (tertiary/aromatic N) is 1. The van der Waals surface area contributed by atoms with Gasteiger partial charge in [0.25, 0.3) is 0 Å². The molecule has 1 aromatic rings. The summed E-state index contributed by atoms with van der Waals surface area (Å²) in [5.41, 5.74) is 0.315. The lowest BCUT2D eigenvalue weighted by molar-refractivity contribution is 0.233. The van der Waals surface area contributed by atoms with Gasteiger partial charge in [-0.25, -0.2) is 4.79 Å². The summed E-state index contributed by atoms with van der Waals surface area (Å²) in [6.07, 6.45) is 0. The molecule has 0 unspecified atom stereocenters. The molecule has 19 heavy (non-hydrogen) atoms. The highest BCUT2D eigenvalue weighted by Gasteiger charge is 2.35. The summed E-state index contributed by atoms with van der Waals surface area (Å²) in [6, 6.07) is 4.55. The Morgan fingerprint density at radius 2 is 1.95 bits per heavy atom. The maximum absolute atomic E-state index is 12.1. The van der Waals surface area contributed by atoms with Crippen LogP contribution in [0.5, 0.6) is 0 Å². The molecule has 1 aliphatic rings. The molecule has 1 heterocycles. The monoisotopic (exact) mass is 317 g/mol. The molecule has 0 bridgehead atoms. The summed E-state index contributed by atoms with van der Waals surface area (Å²) in [5.74, 6) is 0. The highest BCUT2D eigenvalue weighted by molar-refractivity contribution is 7.80. The van der Waals surface area contributed by atoms with Crippen LogP contribution in [0.4, 0.5) is 10.5 Å². The maximum atomic E-state index is 12.1. The minimum Gasteiger partial charge on any atom is -0.355 e. The van der Waals surface area contributed by atoms with Gasteiger partial charge in [0.1, 0.15) is 0 Å². The minimum absolute atomic E-state index is 0.222. The van der Waals surface area contributed by atoms with Gasteiger partial charge in [0.05, 0.1) is 12.1 Å². The Morgan fingerprint density at radius 1 is 1.37 bits per heavy atom. The van der Waals surface area contributed by atoms with Crippen molar-refractivity contribution < 1.29 is 4.79 Å². The Kier molecular flexibility index (Phi) is 3.90. The number of carbonyl (C=O) groups is 1. The number of amides is 2. The summed E-state index contributed by atoms with van der Waals surface area (Å²) in [5, 5.41) is 7.14. The Labute approximate surface area is 127 Å². The van der Waals surface area contributed by atoms with Crippen LogP contribution >= 0.6 is 35.4 Å². The van der Waals surface area contributed by atoms with Crippen molar-refractivity contribution >= 4 is 52.3 Å². The number of thiocarbonyl (C=S) groups is 1. The number of carbonyl (C=O) groups excluding carboxylic acids is 1. The van der Waals surface area contributed by atoms with Gasteiger partial charge in [-0.15, -0.1) is 0 Å².